The first-order chi connectivity index (χ1) is 16.7. The Bertz CT molecular complexity index is 1140. The van der Waals surface area contributed by atoms with Crippen molar-refractivity contribution in [2.45, 2.75) is 25.7 Å². The summed E-state index contributed by atoms with van der Waals surface area (Å²) in [7, 11) is -2.30. The minimum atomic E-state index is -3.87. The smallest absolute Gasteiger partial charge is 0.261 e. The van der Waals surface area contributed by atoms with E-state index < -0.39 is 10.0 Å². The molecule has 190 valence electrons. The molecule has 0 radical (unpaired) electrons. The Kier molecular flexibility index (Phi) is 8.74. The molecule has 0 atom stereocenters. The molecule has 0 aliphatic carbocycles. The van der Waals surface area contributed by atoms with E-state index in [2.05, 4.69) is 14.9 Å². The SMILES string of the molecule is CCN(CC)C(=O)CN(C)C(=O)c1ccc(N2CCNCC2)c(NS(=O)(=O)c2ccc(C)cc2)c1. The summed E-state index contributed by atoms with van der Waals surface area (Å²) in [6.07, 6.45) is 0. The predicted octanol–water partition coefficient (Wildman–Crippen LogP) is 2.15. The number of rotatable bonds is 9. The Morgan fingerprint density at radius 3 is 2.26 bits per heavy atom. The number of carbonyl (C=O) groups is 2. The molecule has 1 fully saturated rings. The number of anilines is 2. The molecule has 0 bridgehead atoms. The quantitative estimate of drug-likeness (QED) is 0.546. The number of amides is 2. The van der Waals surface area contributed by atoms with E-state index in [-0.39, 0.29) is 23.3 Å². The van der Waals surface area contributed by atoms with Gasteiger partial charge in [0.2, 0.25) is 5.91 Å². The predicted molar refractivity (Wildman–Crippen MR) is 138 cm³/mol. The van der Waals surface area contributed by atoms with Gasteiger partial charge in [0.1, 0.15) is 0 Å². The molecule has 3 rings (SSSR count). The molecule has 1 aliphatic rings. The van der Waals surface area contributed by atoms with Crippen LogP contribution in [0.3, 0.4) is 0 Å². The van der Waals surface area contributed by atoms with Gasteiger partial charge in [0, 0.05) is 51.9 Å². The van der Waals surface area contributed by atoms with Crippen LogP contribution in [0.4, 0.5) is 11.4 Å². The second-order valence-electron chi connectivity index (χ2n) is 8.61. The van der Waals surface area contributed by atoms with E-state index in [4.69, 9.17) is 0 Å². The number of likely N-dealkylation sites (N-methyl/N-ethyl adjacent to an activating group) is 2. The van der Waals surface area contributed by atoms with Crippen molar-refractivity contribution in [1.82, 2.24) is 15.1 Å². The highest BCUT2D eigenvalue weighted by Crippen LogP contribution is 2.30. The molecule has 2 aromatic rings. The molecular weight excluding hydrogens is 466 g/mol. The molecule has 9 nitrogen and oxygen atoms in total. The minimum absolute atomic E-state index is 0.0511. The van der Waals surface area contributed by atoms with Crippen molar-refractivity contribution in [3.63, 3.8) is 0 Å². The molecule has 1 saturated heterocycles. The van der Waals surface area contributed by atoms with Gasteiger partial charge in [0.15, 0.2) is 0 Å². The van der Waals surface area contributed by atoms with Gasteiger partial charge in [0.25, 0.3) is 15.9 Å². The summed E-state index contributed by atoms with van der Waals surface area (Å²) in [5.74, 6) is -0.489. The van der Waals surface area contributed by atoms with E-state index in [0.717, 1.165) is 18.7 Å². The number of benzene rings is 2. The molecule has 35 heavy (non-hydrogen) atoms. The van der Waals surface area contributed by atoms with E-state index in [9.17, 15) is 18.0 Å². The Labute approximate surface area is 208 Å². The summed E-state index contributed by atoms with van der Waals surface area (Å²) < 4.78 is 29.0. The highest BCUT2D eigenvalue weighted by atomic mass is 32.2. The van der Waals surface area contributed by atoms with Crippen LogP contribution in [0.1, 0.15) is 29.8 Å². The number of sulfonamides is 1. The minimum Gasteiger partial charge on any atom is -0.367 e. The topological polar surface area (TPSA) is 102 Å². The van der Waals surface area contributed by atoms with Gasteiger partial charge in [-0.3, -0.25) is 14.3 Å². The van der Waals surface area contributed by atoms with Crippen molar-refractivity contribution in [3.8, 4) is 0 Å². The van der Waals surface area contributed by atoms with Gasteiger partial charge in [0.05, 0.1) is 22.8 Å². The number of piperazine rings is 1. The first kappa shape index (κ1) is 26.5. The molecule has 0 unspecified atom stereocenters. The average molecular weight is 502 g/mol. The lowest BCUT2D eigenvalue weighted by molar-refractivity contribution is -0.131. The third-order valence-corrected chi connectivity index (χ3v) is 7.49. The van der Waals surface area contributed by atoms with Crippen LogP contribution in [0.15, 0.2) is 47.4 Å². The molecular formula is C25H35N5O4S. The van der Waals surface area contributed by atoms with Crippen LogP contribution in [0.5, 0.6) is 0 Å². The van der Waals surface area contributed by atoms with Crippen LogP contribution in [0, 0.1) is 6.92 Å². The summed E-state index contributed by atoms with van der Waals surface area (Å²) in [6, 6.07) is 11.6. The van der Waals surface area contributed by atoms with E-state index in [0.29, 0.717) is 43.1 Å². The van der Waals surface area contributed by atoms with Crippen LogP contribution in [0.25, 0.3) is 0 Å². The maximum atomic E-state index is 13.2. The maximum Gasteiger partial charge on any atom is 0.261 e. The molecule has 2 aromatic carbocycles. The molecule has 0 saturated carbocycles. The monoisotopic (exact) mass is 501 g/mol. The standard InChI is InChI=1S/C25H35N5O4S/c1-5-29(6-2)24(31)18-28(4)25(32)20-9-12-23(30-15-13-26-14-16-30)22(17-20)27-35(33,34)21-10-7-19(3)8-11-21/h7-12,17,26-27H,5-6,13-16,18H2,1-4H3. The zero-order chi connectivity index (χ0) is 25.6. The molecule has 1 heterocycles. The van der Waals surface area contributed by atoms with Crippen LogP contribution in [0.2, 0.25) is 0 Å². The van der Waals surface area contributed by atoms with Crippen LogP contribution < -0.4 is 14.9 Å². The fourth-order valence-corrected chi connectivity index (χ4v) is 5.09. The lowest BCUT2D eigenvalue weighted by Gasteiger charge is -2.31. The summed E-state index contributed by atoms with van der Waals surface area (Å²) in [6.45, 7) is 9.75. The first-order valence-electron chi connectivity index (χ1n) is 11.9. The third kappa shape index (κ3) is 6.52. The van der Waals surface area contributed by atoms with Gasteiger partial charge in [-0.1, -0.05) is 17.7 Å². The Morgan fingerprint density at radius 2 is 1.66 bits per heavy atom. The van der Waals surface area contributed by atoms with Crippen molar-refractivity contribution >= 4 is 33.2 Å². The second kappa shape index (κ2) is 11.5. The number of hydrogen-bond donors (Lipinski definition) is 2. The van der Waals surface area contributed by atoms with Gasteiger partial charge < -0.3 is 20.0 Å². The molecule has 1 aliphatic heterocycles. The highest BCUT2D eigenvalue weighted by Gasteiger charge is 2.23. The zero-order valence-corrected chi connectivity index (χ0v) is 21.7. The van der Waals surface area contributed by atoms with Crippen LogP contribution in [-0.4, -0.2) is 82.9 Å². The lowest BCUT2D eigenvalue weighted by atomic mass is 10.1. The van der Waals surface area contributed by atoms with Gasteiger partial charge in [-0.05, 0) is 51.1 Å². The van der Waals surface area contributed by atoms with Crippen molar-refractivity contribution in [1.29, 1.82) is 0 Å². The average Bonchev–Trinajstić information content (AvgIpc) is 2.84. The maximum absolute atomic E-state index is 13.2. The summed E-state index contributed by atoms with van der Waals surface area (Å²) in [5, 5.41) is 3.29. The Balaban J connectivity index is 1.92. The van der Waals surface area contributed by atoms with E-state index in [1.165, 1.54) is 4.90 Å². The second-order valence-corrected chi connectivity index (χ2v) is 10.3. The molecule has 0 aromatic heterocycles. The normalized spacial score (nSPS) is 13.9. The molecule has 0 spiro atoms. The first-order valence-corrected chi connectivity index (χ1v) is 13.4. The molecule has 2 amide bonds. The van der Waals surface area contributed by atoms with Crippen molar-refractivity contribution in [2.24, 2.45) is 0 Å². The number of hydrogen-bond acceptors (Lipinski definition) is 6. The van der Waals surface area contributed by atoms with E-state index >= 15 is 0 Å². The summed E-state index contributed by atoms with van der Waals surface area (Å²) in [4.78, 5) is 30.9. The van der Waals surface area contributed by atoms with Gasteiger partial charge in [-0.2, -0.15) is 0 Å². The highest BCUT2D eigenvalue weighted by molar-refractivity contribution is 7.92. The zero-order valence-electron chi connectivity index (χ0n) is 20.9. The van der Waals surface area contributed by atoms with Crippen LogP contribution >= 0.6 is 0 Å². The summed E-state index contributed by atoms with van der Waals surface area (Å²) in [5.41, 5.74) is 2.31. The van der Waals surface area contributed by atoms with Gasteiger partial charge >= 0.3 is 0 Å². The fraction of sp³-hybridized carbons (Fsp3) is 0.440. The third-order valence-electron chi connectivity index (χ3n) is 6.11. The summed E-state index contributed by atoms with van der Waals surface area (Å²) >= 11 is 0. The molecule has 2 N–H and O–H groups in total. The van der Waals surface area contributed by atoms with E-state index in [1.54, 1.807) is 54.4 Å². The number of carbonyl (C=O) groups excluding carboxylic acids is 2. The fourth-order valence-electron chi connectivity index (χ4n) is 4.02. The number of nitrogens with one attached hydrogen (secondary N) is 2. The van der Waals surface area contributed by atoms with E-state index in [1.807, 2.05) is 20.8 Å². The van der Waals surface area contributed by atoms with Crippen molar-refractivity contribution < 1.29 is 18.0 Å². The van der Waals surface area contributed by atoms with Crippen LogP contribution in [-0.2, 0) is 14.8 Å². The van der Waals surface area contributed by atoms with Crippen molar-refractivity contribution in [3.05, 3.63) is 53.6 Å². The van der Waals surface area contributed by atoms with Crippen molar-refractivity contribution in [2.75, 3.05) is 62.5 Å². The largest absolute Gasteiger partial charge is 0.367 e. The molecule has 10 heteroatoms. The number of aryl methyl sites for hydroxylation is 1. The Hall–Kier alpha value is -3.11. The van der Waals surface area contributed by atoms with Gasteiger partial charge in [-0.15, -0.1) is 0 Å². The lowest BCUT2D eigenvalue weighted by Crippen LogP contribution is -2.44. The number of nitrogens with zero attached hydrogens (tertiary/aromatic N) is 3. The Morgan fingerprint density at radius 1 is 1.03 bits per heavy atom. The van der Waals surface area contributed by atoms with Gasteiger partial charge in [-0.25, -0.2) is 8.42 Å².